The van der Waals surface area contributed by atoms with Gasteiger partial charge in [0, 0.05) is 22.3 Å². The summed E-state index contributed by atoms with van der Waals surface area (Å²) in [5.74, 6) is -3.06. The van der Waals surface area contributed by atoms with Gasteiger partial charge in [0.25, 0.3) is 0 Å². The van der Waals surface area contributed by atoms with Gasteiger partial charge in [-0.05, 0) is 47.5 Å². The van der Waals surface area contributed by atoms with Crippen molar-refractivity contribution in [1.82, 2.24) is 0 Å². The Kier molecular flexibility index (Phi) is 4.32. The lowest BCUT2D eigenvalue weighted by atomic mass is 9.91. The first-order valence-corrected chi connectivity index (χ1v) is 6.70. The number of hydrogen-bond donors (Lipinski definition) is 4. The van der Waals surface area contributed by atoms with Gasteiger partial charge in [-0.15, -0.1) is 0 Å². The van der Waals surface area contributed by atoms with Gasteiger partial charge in [-0.2, -0.15) is 0 Å². The third kappa shape index (κ3) is 3.07. The fraction of sp³-hybridized carbons (Fsp3) is 0. The minimum atomic E-state index is -0.791. The molecule has 8 heteroatoms. The van der Waals surface area contributed by atoms with E-state index < -0.39 is 23.6 Å². The second-order valence-corrected chi connectivity index (χ2v) is 4.98. The molecule has 0 saturated heterocycles. The van der Waals surface area contributed by atoms with Crippen molar-refractivity contribution < 1.29 is 19.2 Å². The van der Waals surface area contributed by atoms with Crippen LogP contribution in [0.3, 0.4) is 0 Å². The van der Waals surface area contributed by atoms with Crippen molar-refractivity contribution >= 4 is 23.6 Å². The number of rotatable bonds is 5. The molecule has 8 N–H and O–H groups in total. The molecule has 2 aromatic carbocycles. The highest BCUT2D eigenvalue weighted by Gasteiger charge is 2.19. The smallest absolute Gasteiger partial charge is 0.249 e. The van der Waals surface area contributed by atoms with Crippen LogP contribution in [0.15, 0.2) is 36.4 Å². The summed E-state index contributed by atoms with van der Waals surface area (Å²) in [5.41, 5.74) is 21.7. The number of hydrogen-bond acceptors (Lipinski definition) is 4. The van der Waals surface area contributed by atoms with Crippen molar-refractivity contribution in [2.24, 2.45) is 22.9 Å². The lowest BCUT2D eigenvalue weighted by Gasteiger charge is -2.13. The van der Waals surface area contributed by atoms with Crippen molar-refractivity contribution in [2.45, 2.75) is 0 Å². The van der Waals surface area contributed by atoms with Gasteiger partial charge in [0.05, 0.1) is 0 Å². The molecule has 4 amide bonds. The Hall–Kier alpha value is -3.68. The molecule has 0 unspecified atom stereocenters. The largest absolute Gasteiger partial charge is 0.366 e. The molecule has 122 valence electrons. The molecule has 0 aliphatic carbocycles. The topological polar surface area (TPSA) is 172 Å². The number of benzene rings is 2. The van der Waals surface area contributed by atoms with Gasteiger partial charge >= 0.3 is 0 Å². The van der Waals surface area contributed by atoms with E-state index in [1.807, 2.05) is 0 Å². The second kappa shape index (κ2) is 6.21. The lowest BCUT2D eigenvalue weighted by molar-refractivity contribution is 0.0987. The highest BCUT2D eigenvalue weighted by molar-refractivity contribution is 6.08. The SMILES string of the molecule is NC(=O)c1ccc(C(N)=O)c(-c2cc(C(N)=O)ccc2C(N)=O)c1. The van der Waals surface area contributed by atoms with Crippen LogP contribution in [0.2, 0.25) is 0 Å². The summed E-state index contributed by atoms with van der Waals surface area (Å²) >= 11 is 0. The van der Waals surface area contributed by atoms with Crippen LogP contribution in [-0.4, -0.2) is 23.6 Å². The summed E-state index contributed by atoms with van der Waals surface area (Å²) in [4.78, 5) is 46.1. The molecule has 0 aromatic heterocycles. The maximum atomic E-state index is 11.7. The molecule has 0 fully saturated rings. The van der Waals surface area contributed by atoms with E-state index in [9.17, 15) is 19.2 Å². The van der Waals surface area contributed by atoms with Crippen molar-refractivity contribution in [3.05, 3.63) is 58.7 Å². The van der Waals surface area contributed by atoms with Crippen LogP contribution < -0.4 is 22.9 Å². The van der Waals surface area contributed by atoms with E-state index in [4.69, 9.17) is 22.9 Å². The molecule has 2 rings (SSSR count). The van der Waals surface area contributed by atoms with Crippen LogP contribution in [0.5, 0.6) is 0 Å². The number of nitrogens with two attached hydrogens (primary N) is 4. The molecule has 24 heavy (non-hydrogen) atoms. The summed E-state index contributed by atoms with van der Waals surface area (Å²) in [5, 5.41) is 0. The zero-order valence-electron chi connectivity index (χ0n) is 12.4. The minimum Gasteiger partial charge on any atom is -0.366 e. The van der Waals surface area contributed by atoms with Gasteiger partial charge in [0.1, 0.15) is 0 Å². The standard InChI is InChI=1S/C16H14N4O4/c17-13(21)7-1-3-9(15(19)23)11(5-7)12-6-8(14(18)22)2-4-10(12)16(20)24/h1-6H,(H2,17,21)(H2,18,22)(H2,19,23)(H2,20,24). The normalized spacial score (nSPS) is 10.2. The molecular formula is C16H14N4O4. The number of amides is 4. The van der Waals surface area contributed by atoms with Gasteiger partial charge in [-0.1, -0.05) is 0 Å². The molecule has 0 bridgehead atoms. The summed E-state index contributed by atoms with van der Waals surface area (Å²) in [6, 6.07) is 7.87. The van der Waals surface area contributed by atoms with E-state index in [2.05, 4.69) is 0 Å². The first-order chi connectivity index (χ1) is 11.2. The Labute approximate surface area is 136 Å². The van der Waals surface area contributed by atoms with Crippen LogP contribution in [0.1, 0.15) is 41.4 Å². The van der Waals surface area contributed by atoms with Crippen LogP contribution in [-0.2, 0) is 0 Å². The molecule has 0 saturated carbocycles. The van der Waals surface area contributed by atoms with Crippen LogP contribution >= 0.6 is 0 Å². The van der Waals surface area contributed by atoms with Gasteiger partial charge in [-0.3, -0.25) is 19.2 Å². The predicted molar refractivity (Wildman–Crippen MR) is 85.9 cm³/mol. The lowest BCUT2D eigenvalue weighted by Crippen LogP contribution is -2.18. The molecule has 0 heterocycles. The third-order valence-electron chi connectivity index (χ3n) is 3.43. The monoisotopic (exact) mass is 326 g/mol. The predicted octanol–water partition coefficient (Wildman–Crippen LogP) is -0.251. The van der Waals surface area contributed by atoms with Gasteiger partial charge in [0.15, 0.2) is 0 Å². The number of carbonyl (C=O) groups is 4. The maximum absolute atomic E-state index is 11.7. The van der Waals surface area contributed by atoms with Gasteiger partial charge < -0.3 is 22.9 Å². The van der Waals surface area contributed by atoms with Crippen LogP contribution in [0, 0.1) is 0 Å². The summed E-state index contributed by atoms with van der Waals surface area (Å²) in [6.07, 6.45) is 0. The van der Waals surface area contributed by atoms with Gasteiger partial charge in [0.2, 0.25) is 23.6 Å². The molecule has 0 spiro atoms. The fourth-order valence-electron chi connectivity index (χ4n) is 2.27. The summed E-state index contributed by atoms with van der Waals surface area (Å²) in [7, 11) is 0. The fourth-order valence-corrected chi connectivity index (χ4v) is 2.27. The van der Waals surface area contributed by atoms with E-state index in [1.165, 1.54) is 36.4 Å². The highest BCUT2D eigenvalue weighted by atomic mass is 16.2. The summed E-state index contributed by atoms with van der Waals surface area (Å²) in [6.45, 7) is 0. The first kappa shape index (κ1) is 16.7. The third-order valence-corrected chi connectivity index (χ3v) is 3.43. The Morgan fingerprint density at radius 3 is 1.12 bits per heavy atom. The first-order valence-electron chi connectivity index (χ1n) is 6.70. The highest BCUT2D eigenvalue weighted by Crippen LogP contribution is 2.29. The Balaban J connectivity index is 2.86. The van der Waals surface area contributed by atoms with E-state index >= 15 is 0 Å². The quantitative estimate of drug-likeness (QED) is 0.593. The average Bonchev–Trinajstić information content (AvgIpc) is 2.53. The number of carbonyl (C=O) groups excluding carboxylic acids is 4. The minimum absolute atomic E-state index is 0.0316. The second-order valence-electron chi connectivity index (χ2n) is 4.98. The molecule has 0 aliphatic heterocycles. The number of primary amides is 4. The van der Waals surface area contributed by atoms with E-state index in [1.54, 1.807) is 0 Å². The molecule has 2 aromatic rings. The van der Waals surface area contributed by atoms with E-state index in [0.717, 1.165) is 0 Å². The van der Waals surface area contributed by atoms with Gasteiger partial charge in [-0.25, -0.2) is 0 Å². The van der Waals surface area contributed by atoms with E-state index in [0.29, 0.717) is 0 Å². The van der Waals surface area contributed by atoms with Crippen LogP contribution in [0.25, 0.3) is 11.1 Å². The summed E-state index contributed by atoms with van der Waals surface area (Å²) < 4.78 is 0. The Morgan fingerprint density at radius 2 is 0.875 bits per heavy atom. The van der Waals surface area contributed by atoms with E-state index in [-0.39, 0.29) is 33.4 Å². The Bertz CT molecular complexity index is 816. The molecule has 0 radical (unpaired) electrons. The van der Waals surface area contributed by atoms with Crippen molar-refractivity contribution in [3.63, 3.8) is 0 Å². The van der Waals surface area contributed by atoms with Crippen molar-refractivity contribution in [1.29, 1.82) is 0 Å². The van der Waals surface area contributed by atoms with Crippen molar-refractivity contribution in [3.8, 4) is 11.1 Å². The molecule has 8 nitrogen and oxygen atoms in total. The maximum Gasteiger partial charge on any atom is 0.249 e. The zero-order valence-corrected chi connectivity index (χ0v) is 12.4. The Morgan fingerprint density at radius 1 is 0.542 bits per heavy atom. The van der Waals surface area contributed by atoms with Crippen molar-refractivity contribution in [2.75, 3.05) is 0 Å². The van der Waals surface area contributed by atoms with Crippen LogP contribution in [0.4, 0.5) is 0 Å². The molecule has 0 aliphatic rings. The molecular weight excluding hydrogens is 312 g/mol. The average molecular weight is 326 g/mol. The molecule has 0 atom stereocenters. The zero-order chi connectivity index (χ0) is 18.0.